The quantitative estimate of drug-likeness (QED) is 0.734. The summed E-state index contributed by atoms with van der Waals surface area (Å²) in [6, 6.07) is 4.94. The molecule has 0 bridgehead atoms. The molecule has 8 heteroatoms. The lowest BCUT2D eigenvalue weighted by atomic mass is 10.0. The molecular formula is C19H20FN5O2. The van der Waals surface area contributed by atoms with E-state index in [1.165, 1.54) is 10.6 Å². The van der Waals surface area contributed by atoms with Crippen LogP contribution >= 0.6 is 0 Å². The molecule has 0 spiro atoms. The summed E-state index contributed by atoms with van der Waals surface area (Å²) in [6.45, 7) is 1.96. The molecule has 0 aliphatic heterocycles. The van der Waals surface area contributed by atoms with Crippen LogP contribution in [0, 0.1) is 5.82 Å². The molecule has 0 saturated carbocycles. The second kappa shape index (κ2) is 6.53. The summed E-state index contributed by atoms with van der Waals surface area (Å²) in [5, 5.41) is 10.8. The number of rotatable bonds is 4. The molecule has 2 aromatic heterocycles. The Labute approximate surface area is 155 Å². The number of nitrogens with zero attached hydrogens (tertiary/aromatic N) is 3. The SMILES string of the molecule is CCc1ccc(Nc2c(-c3nnc(N)o3)c3c(c(=O)n2C)CCC3)c(F)c1. The van der Waals surface area contributed by atoms with E-state index in [2.05, 4.69) is 15.5 Å². The molecule has 3 N–H and O–H groups in total. The Morgan fingerprint density at radius 1 is 1.30 bits per heavy atom. The van der Waals surface area contributed by atoms with E-state index in [-0.39, 0.29) is 23.2 Å². The number of hydrogen-bond acceptors (Lipinski definition) is 6. The number of hydrogen-bond donors (Lipinski definition) is 2. The summed E-state index contributed by atoms with van der Waals surface area (Å²) in [5.74, 6) is 0.236. The zero-order valence-corrected chi connectivity index (χ0v) is 15.2. The van der Waals surface area contributed by atoms with Gasteiger partial charge < -0.3 is 15.5 Å². The number of fused-ring (bicyclic) bond motifs is 1. The molecule has 2 heterocycles. The first-order valence-corrected chi connectivity index (χ1v) is 8.89. The first-order chi connectivity index (χ1) is 13.0. The predicted octanol–water partition coefficient (Wildman–Crippen LogP) is 2.95. The number of aromatic nitrogens is 3. The van der Waals surface area contributed by atoms with E-state index in [1.807, 2.05) is 13.0 Å². The highest BCUT2D eigenvalue weighted by atomic mass is 19.1. The van der Waals surface area contributed by atoms with Crippen molar-refractivity contribution in [1.82, 2.24) is 14.8 Å². The Balaban J connectivity index is 1.92. The van der Waals surface area contributed by atoms with Gasteiger partial charge in [0.25, 0.3) is 11.4 Å². The second-order valence-electron chi connectivity index (χ2n) is 6.64. The lowest BCUT2D eigenvalue weighted by molar-refractivity contribution is 0.588. The van der Waals surface area contributed by atoms with Gasteiger partial charge in [0, 0.05) is 12.6 Å². The minimum Gasteiger partial charge on any atom is -0.403 e. The minimum absolute atomic E-state index is 0.0602. The fraction of sp³-hybridized carbons (Fsp3) is 0.316. The van der Waals surface area contributed by atoms with Gasteiger partial charge in [-0.15, -0.1) is 5.10 Å². The van der Waals surface area contributed by atoms with Crippen molar-refractivity contribution in [3.63, 3.8) is 0 Å². The van der Waals surface area contributed by atoms with Crippen LogP contribution in [0.5, 0.6) is 0 Å². The third-order valence-corrected chi connectivity index (χ3v) is 5.00. The minimum atomic E-state index is -0.390. The molecule has 140 valence electrons. The second-order valence-corrected chi connectivity index (χ2v) is 6.64. The van der Waals surface area contributed by atoms with Crippen molar-refractivity contribution in [3.8, 4) is 11.5 Å². The highest BCUT2D eigenvalue weighted by molar-refractivity contribution is 5.79. The van der Waals surface area contributed by atoms with E-state index in [9.17, 15) is 9.18 Å². The van der Waals surface area contributed by atoms with Crippen molar-refractivity contribution in [2.45, 2.75) is 32.6 Å². The van der Waals surface area contributed by atoms with Gasteiger partial charge in [-0.05, 0) is 48.9 Å². The van der Waals surface area contributed by atoms with Gasteiger partial charge in [-0.1, -0.05) is 18.1 Å². The zero-order valence-electron chi connectivity index (χ0n) is 15.2. The lowest BCUT2D eigenvalue weighted by Gasteiger charge is -2.18. The third-order valence-electron chi connectivity index (χ3n) is 5.00. The number of aryl methyl sites for hydroxylation is 1. The largest absolute Gasteiger partial charge is 0.403 e. The Bertz CT molecular complexity index is 1090. The molecule has 0 fully saturated rings. The van der Waals surface area contributed by atoms with E-state index in [0.717, 1.165) is 36.0 Å². The van der Waals surface area contributed by atoms with Crippen molar-refractivity contribution in [1.29, 1.82) is 0 Å². The molecule has 27 heavy (non-hydrogen) atoms. The fourth-order valence-electron chi connectivity index (χ4n) is 3.59. The average molecular weight is 369 g/mol. The van der Waals surface area contributed by atoms with Crippen LogP contribution in [-0.2, 0) is 26.3 Å². The van der Waals surface area contributed by atoms with E-state index in [1.54, 1.807) is 13.1 Å². The van der Waals surface area contributed by atoms with E-state index in [4.69, 9.17) is 10.2 Å². The van der Waals surface area contributed by atoms with Crippen LogP contribution in [0.1, 0.15) is 30.0 Å². The van der Waals surface area contributed by atoms with E-state index in [0.29, 0.717) is 17.8 Å². The zero-order chi connectivity index (χ0) is 19.1. The van der Waals surface area contributed by atoms with Gasteiger partial charge in [0.15, 0.2) is 0 Å². The van der Waals surface area contributed by atoms with Gasteiger partial charge >= 0.3 is 6.01 Å². The number of anilines is 3. The standard InChI is InChI=1S/C19H20FN5O2/c1-3-10-7-8-14(13(20)9-10)22-16-15(17-23-24-19(21)27-17)11-5-4-6-12(11)18(26)25(16)2/h7-9,22H,3-6H2,1-2H3,(H2,21,24). The third kappa shape index (κ3) is 2.87. The van der Waals surface area contributed by atoms with E-state index >= 15 is 0 Å². The smallest absolute Gasteiger partial charge is 0.313 e. The number of benzene rings is 1. The van der Waals surface area contributed by atoms with E-state index < -0.39 is 5.82 Å². The van der Waals surface area contributed by atoms with Crippen molar-refractivity contribution < 1.29 is 8.81 Å². The average Bonchev–Trinajstić information content (AvgIpc) is 3.30. The summed E-state index contributed by atoms with van der Waals surface area (Å²) >= 11 is 0. The normalized spacial score (nSPS) is 13.0. The maximum atomic E-state index is 14.5. The first kappa shape index (κ1) is 17.3. The summed E-state index contributed by atoms with van der Waals surface area (Å²) in [5.41, 5.74) is 8.85. The Morgan fingerprint density at radius 2 is 2.07 bits per heavy atom. The van der Waals surface area contributed by atoms with Crippen molar-refractivity contribution >= 4 is 17.5 Å². The first-order valence-electron chi connectivity index (χ1n) is 8.89. The van der Waals surface area contributed by atoms with Crippen LogP contribution < -0.4 is 16.6 Å². The predicted molar refractivity (Wildman–Crippen MR) is 100 cm³/mol. The number of nitrogen functional groups attached to an aromatic ring is 1. The Kier molecular flexibility index (Phi) is 4.18. The summed E-state index contributed by atoms with van der Waals surface area (Å²) in [6.07, 6.45) is 3.01. The molecule has 1 aromatic carbocycles. The van der Waals surface area contributed by atoms with Crippen molar-refractivity contribution in [2.75, 3.05) is 11.1 Å². The topological polar surface area (TPSA) is 99.0 Å². The molecule has 1 aliphatic carbocycles. The number of nitrogens with one attached hydrogen (secondary N) is 1. The van der Waals surface area contributed by atoms with Gasteiger partial charge in [-0.25, -0.2) is 4.39 Å². The molecule has 1 aliphatic rings. The monoisotopic (exact) mass is 369 g/mol. The van der Waals surface area contributed by atoms with Gasteiger partial charge in [0.1, 0.15) is 11.6 Å². The summed E-state index contributed by atoms with van der Waals surface area (Å²) < 4.78 is 21.5. The Hall–Kier alpha value is -3.16. The highest BCUT2D eigenvalue weighted by Gasteiger charge is 2.28. The fourth-order valence-corrected chi connectivity index (χ4v) is 3.59. The molecule has 0 atom stereocenters. The number of halogens is 1. The highest BCUT2D eigenvalue weighted by Crippen LogP contribution is 2.37. The van der Waals surface area contributed by atoms with Crippen LogP contribution in [0.3, 0.4) is 0 Å². The van der Waals surface area contributed by atoms with Gasteiger partial charge in [0.05, 0.1) is 11.3 Å². The summed E-state index contributed by atoms with van der Waals surface area (Å²) in [7, 11) is 1.64. The van der Waals surface area contributed by atoms with Crippen molar-refractivity contribution in [3.05, 3.63) is 51.1 Å². The van der Waals surface area contributed by atoms with Crippen molar-refractivity contribution in [2.24, 2.45) is 7.05 Å². The number of pyridine rings is 1. The molecule has 0 radical (unpaired) electrons. The Morgan fingerprint density at radius 3 is 2.74 bits per heavy atom. The molecule has 0 amide bonds. The van der Waals surface area contributed by atoms with Crippen LogP contribution in [0.15, 0.2) is 27.4 Å². The maximum absolute atomic E-state index is 14.5. The van der Waals surface area contributed by atoms with Gasteiger partial charge in [-0.3, -0.25) is 9.36 Å². The molecule has 0 saturated heterocycles. The van der Waals surface area contributed by atoms with Gasteiger partial charge in [0.2, 0.25) is 0 Å². The van der Waals surface area contributed by atoms with Crippen LogP contribution in [0.2, 0.25) is 0 Å². The van der Waals surface area contributed by atoms with Crippen LogP contribution in [0.4, 0.5) is 21.9 Å². The molecular weight excluding hydrogens is 349 g/mol. The maximum Gasteiger partial charge on any atom is 0.313 e. The lowest BCUT2D eigenvalue weighted by Crippen LogP contribution is -2.24. The molecule has 3 aromatic rings. The van der Waals surface area contributed by atoms with Crippen LogP contribution in [0.25, 0.3) is 11.5 Å². The number of nitrogens with two attached hydrogens (primary N) is 1. The van der Waals surface area contributed by atoms with Gasteiger partial charge in [-0.2, -0.15) is 0 Å². The molecule has 0 unspecified atom stereocenters. The summed E-state index contributed by atoms with van der Waals surface area (Å²) in [4.78, 5) is 12.8. The van der Waals surface area contributed by atoms with Crippen LogP contribution in [-0.4, -0.2) is 14.8 Å². The molecule has 4 rings (SSSR count). The molecule has 7 nitrogen and oxygen atoms in total.